The van der Waals surface area contributed by atoms with Gasteiger partial charge in [0.2, 0.25) is 0 Å². The van der Waals surface area contributed by atoms with E-state index in [0.717, 1.165) is 38.6 Å². The lowest BCUT2D eigenvalue weighted by Gasteiger charge is -2.06. The minimum atomic E-state index is 0.948. The average molecular weight is 282 g/mol. The van der Waals surface area contributed by atoms with Crippen LogP contribution in [0, 0.1) is 0 Å². The van der Waals surface area contributed by atoms with E-state index in [2.05, 4.69) is 66.2 Å². The predicted molar refractivity (Wildman–Crippen MR) is 92.6 cm³/mol. The molecule has 0 fully saturated rings. The molecule has 0 unspecified atom stereocenters. The monoisotopic (exact) mass is 282 g/mol. The molecule has 2 aromatic heterocycles. The molecule has 0 radical (unpaired) electrons. The zero-order chi connectivity index (χ0) is 14.9. The lowest BCUT2D eigenvalue weighted by atomic mass is 10.1. The molecule has 0 amide bonds. The molecule has 22 heavy (non-hydrogen) atoms. The average Bonchev–Trinajstić information content (AvgIpc) is 2.61. The second-order valence-corrected chi connectivity index (χ2v) is 5.24. The summed E-state index contributed by atoms with van der Waals surface area (Å²) in [6.45, 7) is 3.78. The fraction of sp³-hybridized carbons (Fsp3) is 0. The Bertz CT molecular complexity index is 985. The molecule has 0 saturated carbocycles. The third kappa shape index (κ3) is 2.06. The van der Waals surface area contributed by atoms with Crippen molar-refractivity contribution in [3.8, 4) is 11.3 Å². The van der Waals surface area contributed by atoms with Crippen LogP contribution in [0.3, 0.4) is 0 Å². The quantitative estimate of drug-likeness (QED) is 0.478. The summed E-state index contributed by atoms with van der Waals surface area (Å²) < 4.78 is 0. The fourth-order valence-electron chi connectivity index (χ4n) is 2.67. The first-order valence-electron chi connectivity index (χ1n) is 7.22. The molecular formula is C20H14N2. The van der Waals surface area contributed by atoms with Gasteiger partial charge in [-0.2, -0.15) is 0 Å². The summed E-state index contributed by atoms with van der Waals surface area (Å²) in [5, 5.41) is 2.22. The minimum absolute atomic E-state index is 0.948. The van der Waals surface area contributed by atoms with Gasteiger partial charge in [0.05, 0.1) is 16.7 Å². The molecule has 0 atom stereocenters. The highest BCUT2D eigenvalue weighted by Crippen LogP contribution is 2.26. The van der Waals surface area contributed by atoms with Gasteiger partial charge in [0.25, 0.3) is 0 Å². The number of aromatic nitrogens is 2. The highest BCUT2D eigenvalue weighted by Gasteiger charge is 2.05. The molecule has 0 N–H and O–H groups in total. The molecule has 0 saturated heterocycles. The molecule has 0 aliphatic heterocycles. The van der Waals surface area contributed by atoms with Crippen LogP contribution in [0.2, 0.25) is 0 Å². The molecule has 0 aliphatic rings. The third-order valence-corrected chi connectivity index (χ3v) is 3.87. The van der Waals surface area contributed by atoms with Gasteiger partial charge in [0.15, 0.2) is 0 Å². The first-order valence-corrected chi connectivity index (χ1v) is 7.22. The Morgan fingerprint density at radius 2 is 1.50 bits per heavy atom. The summed E-state index contributed by atoms with van der Waals surface area (Å²) in [6.07, 6.45) is 3.66. The first kappa shape index (κ1) is 12.7. The Morgan fingerprint density at radius 3 is 2.27 bits per heavy atom. The molecule has 2 aromatic carbocycles. The summed E-state index contributed by atoms with van der Waals surface area (Å²) in [4.78, 5) is 9.34. The van der Waals surface area contributed by atoms with Crippen LogP contribution in [0.15, 0.2) is 73.4 Å². The van der Waals surface area contributed by atoms with Crippen LogP contribution in [-0.4, -0.2) is 9.97 Å². The number of nitrogens with zero attached hydrogens (tertiary/aromatic N) is 2. The van der Waals surface area contributed by atoms with Crippen molar-refractivity contribution in [3.63, 3.8) is 0 Å². The molecule has 2 heterocycles. The molecule has 4 aromatic rings. The van der Waals surface area contributed by atoms with E-state index in [1.165, 1.54) is 0 Å². The standard InChI is InChI=1S/C20H14N2/c1-2-14-5-7-15(8-6-14)18-12-11-17-10-9-16-4-3-13-21-19(16)20(17)22-18/h2-13H,1H2. The molecule has 104 valence electrons. The van der Waals surface area contributed by atoms with Crippen LogP contribution in [-0.2, 0) is 0 Å². The number of benzene rings is 2. The van der Waals surface area contributed by atoms with E-state index in [1.54, 1.807) is 0 Å². The second kappa shape index (κ2) is 5.08. The lowest BCUT2D eigenvalue weighted by molar-refractivity contribution is 1.37. The van der Waals surface area contributed by atoms with Crippen molar-refractivity contribution in [2.24, 2.45) is 0 Å². The zero-order valence-corrected chi connectivity index (χ0v) is 12.0. The summed E-state index contributed by atoms with van der Waals surface area (Å²) >= 11 is 0. The largest absolute Gasteiger partial charge is 0.254 e. The number of rotatable bonds is 2. The van der Waals surface area contributed by atoms with Crippen LogP contribution in [0.5, 0.6) is 0 Å². The topological polar surface area (TPSA) is 25.8 Å². The molecule has 2 nitrogen and oxygen atoms in total. The van der Waals surface area contributed by atoms with E-state index >= 15 is 0 Å². The van der Waals surface area contributed by atoms with E-state index in [1.807, 2.05) is 18.3 Å². The Balaban J connectivity index is 1.95. The zero-order valence-electron chi connectivity index (χ0n) is 12.0. The number of fused-ring (bicyclic) bond motifs is 3. The summed E-state index contributed by atoms with van der Waals surface area (Å²) in [5.41, 5.74) is 5.06. The van der Waals surface area contributed by atoms with E-state index in [-0.39, 0.29) is 0 Å². The number of hydrogen-bond donors (Lipinski definition) is 0. The van der Waals surface area contributed by atoms with Crippen LogP contribution in [0.25, 0.3) is 39.1 Å². The van der Waals surface area contributed by atoms with E-state index in [0.29, 0.717) is 0 Å². The summed E-state index contributed by atoms with van der Waals surface area (Å²) in [5.74, 6) is 0. The fourth-order valence-corrected chi connectivity index (χ4v) is 2.67. The Kier molecular flexibility index (Phi) is 2.94. The SMILES string of the molecule is C=Cc1ccc(-c2ccc3ccc4cccnc4c3n2)cc1. The van der Waals surface area contributed by atoms with Gasteiger partial charge in [-0.05, 0) is 17.7 Å². The predicted octanol–water partition coefficient (Wildman–Crippen LogP) is 5.09. The van der Waals surface area contributed by atoms with Gasteiger partial charge in [0.1, 0.15) is 0 Å². The van der Waals surface area contributed by atoms with Crippen molar-refractivity contribution in [1.82, 2.24) is 9.97 Å². The van der Waals surface area contributed by atoms with Crippen molar-refractivity contribution in [3.05, 3.63) is 79.0 Å². The third-order valence-electron chi connectivity index (χ3n) is 3.87. The molecular weight excluding hydrogens is 268 g/mol. The maximum atomic E-state index is 4.84. The number of pyridine rings is 2. The highest BCUT2D eigenvalue weighted by atomic mass is 14.7. The van der Waals surface area contributed by atoms with Gasteiger partial charge in [-0.3, -0.25) is 4.98 Å². The Morgan fingerprint density at radius 1 is 0.773 bits per heavy atom. The Hall–Kier alpha value is -3.00. The summed E-state index contributed by atoms with van der Waals surface area (Å²) in [6, 6.07) is 20.6. The molecule has 0 spiro atoms. The van der Waals surface area contributed by atoms with Crippen LogP contribution < -0.4 is 0 Å². The molecule has 4 rings (SSSR count). The van der Waals surface area contributed by atoms with Gasteiger partial charge in [-0.25, -0.2) is 4.98 Å². The van der Waals surface area contributed by atoms with Gasteiger partial charge in [-0.15, -0.1) is 0 Å². The van der Waals surface area contributed by atoms with Crippen molar-refractivity contribution < 1.29 is 0 Å². The van der Waals surface area contributed by atoms with Crippen LogP contribution >= 0.6 is 0 Å². The van der Waals surface area contributed by atoms with Crippen molar-refractivity contribution in [1.29, 1.82) is 0 Å². The van der Waals surface area contributed by atoms with Crippen LogP contribution in [0.4, 0.5) is 0 Å². The second-order valence-electron chi connectivity index (χ2n) is 5.24. The van der Waals surface area contributed by atoms with Crippen LogP contribution in [0.1, 0.15) is 5.56 Å². The van der Waals surface area contributed by atoms with Gasteiger partial charge >= 0.3 is 0 Å². The first-order chi connectivity index (χ1) is 10.8. The maximum absolute atomic E-state index is 4.84. The van der Waals surface area contributed by atoms with E-state index < -0.39 is 0 Å². The molecule has 0 aliphatic carbocycles. The minimum Gasteiger partial charge on any atom is -0.254 e. The number of hydrogen-bond acceptors (Lipinski definition) is 2. The van der Waals surface area contributed by atoms with Gasteiger partial charge < -0.3 is 0 Å². The highest BCUT2D eigenvalue weighted by molar-refractivity contribution is 6.03. The molecule has 0 bridgehead atoms. The summed E-state index contributed by atoms with van der Waals surface area (Å²) in [7, 11) is 0. The van der Waals surface area contributed by atoms with E-state index in [9.17, 15) is 0 Å². The van der Waals surface area contributed by atoms with Crippen molar-refractivity contribution in [2.45, 2.75) is 0 Å². The maximum Gasteiger partial charge on any atom is 0.0972 e. The van der Waals surface area contributed by atoms with Gasteiger partial charge in [-0.1, -0.05) is 61.2 Å². The lowest BCUT2D eigenvalue weighted by Crippen LogP contribution is -1.88. The molecule has 2 heteroatoms. The van der Waals surface area contributed by atoms with E-state index in [4.69, 9.17) is 4.98 Å². The van der Waals surface area contributed by atoms with Crippen molar-refractivity contribution in [2.75, 3.05) is 0 Å². The normalized spacial score (nSPS) is 10.9. The van der Waals surface area contributed by atoms with Gasteiger partial charge in [0, 0.05) is 22.5 Å². The smallest absolute Gasteiger partial charge is 0.0972 e. The Labute approximate surface area is 128 Å². The van der Waals surface area contributed by atoms with Crippen molar-refractivity contribution >= 4 is 27.9 Å².